The molecule has 0 bridgehead atoms. The van der Waals surface area contributed by atoms with E-state index in [9.17, 15) is 13.2 Å². The summed E-state index contributed by atoms with van der Waals surface area (Å²) in [5, 5.41) is 0. The van der Waals surface area contributed by atoms with Gasteiger partial charge in [-0.1, -0.05) is 6.07 Å². The van der Waals surface area contributed by atoms with E-state index in [1.54, 1.807) is 0 Å². The smallest absolute Gasteiger partial charge is 0.399 e. The molecule has 1 fully saturated rings. The molecule has 1 aliphatic heterocycles. The fraction of sp³-hybridized carbons (Fsp3) is 0.571. The van der Waals surface area contributed by atoms with Crippen LogP contribution in [0.4, 0.5) is 18.9 Å². The fourth-order valence-electron chi connectivity index (χ4n) is 2.50. The molecular weight excluding hydrogens is 267 g/mol. The first-order valence-corrected chi connectivity index (χ1v) is 6.65. The Labute approximate surface area is 117 Å². The van der Waals surface area contributed by atoms with Gasteiger partial charge in [0.15, 0.2) is 0 Å². The lowest BCUT2D eigenvalue weighted by molar-refractivity contribution is -0.138. The number of hydrogen-bond acceptors (Lipinski definition) is 3. The van der Waals surface area contributed by atoms with Gasteiger partial charge in [-0.25, -0.2) is 0 Å². The molecule has 112 valence electrons. The standard InChI is InChI=1S/C14H20F3N3/c1-10-8-20(6-5-19(10)2)9-11-3-4-12(18)7-13(11)14(15,16)17/h3-4,7,10H,5-6,8-9,18H2,1-2H3/t10-/m1/s1. The van der Waals surface area contributed by atoms with Crippen LogP contribution in [0.1, 0.15) is 18.1 Å². The molecule has 0 amide bonds. The summed E-state index contributed by atoms with van der Waals surface area (Å²) in [4.78, 5) is 4.27. The number of likely N-dealkylation sites (N-methyl/N-ethyl adjacent to an activating group) is 1. The van der Waals surface area contributed by atoms with E-state index in [2.05, 4.69) is 16.7 Å². The van der Waals surface area contributed by atoms with Crippen LogP contribution in [0.3, 0.4) is 0 Å². The van der Waals surface area contributed by atoms with Crippen LogP contribution in [0.5, 0.6) is 0 Å². The highest BCUT2D eigenvalue weighted by atomic mass is 19.4. The van der Waals surface area contributed by atoms with Gasteiger partial charge in [-0.2, -0.15) is 13.2 Å². The van der Waals surface area contributed by atoms with Gasteiger partial charge < -0.3 is 10.6 Å². The summed E-state index contributed by atoms with van der Waals surface area (Å²) < 4.78 is 39.1. The molecule has 20 heavy (non-hydrogen) atoms. The second-order valence-corrected chi connectivity index (χ2v) is 5.48. The van der Waals surface area contributed by atoms with Gasteiger partial charge in [0.25, 0.3) is 0 Å². The molecule has 0 radical (unpaired) electrons. The van der Waals surface area contributed by atoms with E-state index in [1.807, 2.05) is 7.05 Å². The van der Waals surface area contributed by atoms with Crippen molar-refractivity contribution >= 4 is 5.69 Å². The predicted octanol–water partition coefficient (Wildman–Crippen LogP) is 2.42. The Morgan fingerprint density at radius 2 is 2.00 bits per heavy atom. The second kappa shape index (κ2) is 5.61. The van der Waals surface area contributed by atoms with Crippen LogP contribution in [-0.2, 0) is 12.7 Å². The van der Waals surface area contributed by atoms with Gasteiger partial charge in [0.05, 0.1) is 5.56 Å². The lowest BCUT2D eigenvalue weighted by Gasteiger charge is -2.38. The number of nitrogen functional groups attached to an aromatic ring is 1. The van der Waals surface area contributed by atoms with Crippen molar-refractivity contribution in [1.29, 1.82) is 0 Å². The highest BCUT2D eigenvalue weighted by Gasteiger charge is 2.34. The number of anilines is 1. The maximum Gasteiger partial charge on any atom is 0.416 e. The first-order valence-electron chi connectivity index (χ1n) is 6.65. The Morgan fingerprint density at radius 1 is 1.30 bits per heavy atom. The van der Waals surface area contributed by atoms with E-state index < -0.39 is 11.7 Å². The Hall–Kier alpha value is -1.27. The van der Waals surface area contributed by atoms with Gasteiger partial charge in [-0.05, 0) is 31.7 Å². The minimum absolute atomic E-state index is 0.146. The molecule has 1 heterocycles. The van der Waals surface area contributed by atoms with Gasteiger partial charge in [0.1, 0.15) is 0 Å². The van der Waals surface area contributed by atoms with E-state index in [0.717, 1.165) is 25.7 Å². The zero-order valence-corrected chi connectivity index (χ0v) is 11.7. The van der Waals surface area contributed by atoms with E-state index >= 15 is 0 Å². The molecule has 2 N–H and O–H groups in total. The summed E-state index contributed by atoms with van der Waals surface area (Å²) in [6.45, 7) is 4.82. The molecule has 0 spiro atoms. The average molecular weight is 287 g/mol. The van der Waals surface area contributed by atoms with E-state index in [0.29, 0.717) is 18.2 Å². The molecule has 1 aromatic rings. The number of hydrogen-bond donors (Lipinski definition) is 1. The molecule has 0 unspecified atom stereocenters. The van der Waals surface area contributed by atoms with Crippen LogP contribution in [0.25, 0.3) is 0 Å². The van der Waals surface area contributed by atoms with Gasteiger partial charge in [0.2, 0.25) is 0 Å². The van der Waals surface area contributed by atoms with Gasteiger partial charge in [0, 0.05) is 37.9 Å². The van der Waals surface area contributed by atoms with Crippen LogP contribution < -0.4 is 5.73 Å². The van der Waals surface area contributed by atoms with Crippen molar-refractivity contribution in [3.63, 3.8) is 0 Å². The first-order chi connectivity index (χ1) is 9.27. The molecule has 6 heteroatoms. The fourth-order valence-corrected chi connectivity index (χ4v) is 2.50. The Balaban J connectivity index is 2.17. The average Bonchev–Trinajstić information content (AvgIpc) is 2.35. The Kier molecular flexibility index (Phi) is 4.25. The third-order valence-corrected chi connectivity index (χ3v) is 3.88. The molecule has 1 atom stereocenters. The van der Waals surface area contributed by atoms with Gasteiger partial charge in [-0.15, -0.1) is 0 Å². The van der Waals surface area contributed by atoms with Crippen LogP contribution in [0.15, 0.2) is 18.2 Å². The highest BCUT2D eigenvalue weighted by molar-refractivity contribution is 5.46. The normalized spacial score (nSPS) is 22.1. The first kappa shape index (κ1) is 15.1. The van der Waals surface area contributed by atoms with E-state index in [4.69, 9.17) is 5.73 Å². The summed E-state index contributed by atoms with van der Waals surface area (Å²) in [5.74, 6) is 0. The van der Waals surface area contributed by atoms with Crippen LogP contribution >= 0.6 is 0 Å². The maximum absolute atomic E-state index is 13.0. The summed E-state index contributed by atoms with van der Waals surface area (Å²) in [6, 6.07) is 4.40. The van der Waals surface area contributed by atoms with E-state index in [1.165, 1.54) is 12.1 Å². The molecule has 0 saturated carbocycles. The largest absolute Gasteiger partial charge is 0.416 e. The molecule has 0 aromatic heterocycles. The third kappa shape index (κ3) is 3.43. The lowest BCUT2D eigenvalue weighted by Crippen LogP contribution is -2.49. The summed E-state index contributed by atoms with van der Waals surface area (Å²) in [6.07, 6.45) is -4.36. The maximum atomic E-state index is 13.0. The predicted molar refractivity (Wildman–Crippen MR) is 73.2 cm³/mol. The van der Waals surface area contributed by atoms with Crippen molar-refractivity contribution in [3.8, 4) is 0 Å². The van der Waals surface area contributed by atoms with Crippen molar-refractivity contribution in [2.24, 2.45) is 0 Å². The lowest BCUT2D eigenvalue weighted by atomic mass is 10.0. The minimum Gasteiger partial charge on any atom is -0.399 e. The minimum atomic E-state index is -4.36. The van der Waals surface area contributed by atoms with Crippen molar-refractivity contribution in [1.82, 2.24) is 9.80 Å². The number of halogens is 3. The number of nitrogens with two attached hydrogens (primary N) is 1. The zero-order valence-electron chi connectivity index (χ0n) is 11.7. The van der Waals surface area contributed by atoms with Gasteiger partial charge >= 0.3 is 6.18 Å². The SMILES string of the molecule is C[C@@H]1CN(Cc2ccc(N)cc2C(F)(F)F)CCN1C. The summed E-state index contributed by atoms with van der Waals surface area (Å²) >= 11 is 0. The van der Waals surface area contributed by atoms with Crippen molar-refractivity contribution in [2.75, 3.05) is 32.4 Å². The number of piperazine rings is 1. The number of alkyl halides is 3. The highest BCUT2D eigenvalue weighted by Crippen LogP contribution is 2.34. The Bertz CT molecular complexity index is 473. The van der Waals surface area contributed by atoms with Crippen molar-refractivity contribution in [3.05, 3.63) is 29.3 Å². The molecule has 0 aliphatic carbocycles. The number of nitrogens with zero attached hydrogens (tertiary/aromatic N) is 2. The van der Waals surface area contributed by atoms with Crippen LogP contribution in [0, 0.1) is 0 Å². The topological polar surface area (TPSA) is 32.5 Å². The molecule has 3 nitrogen and oxygen atoms in total. The molecule has 1 saturated heterocycles. The summed E-state index contributed by atoms with van der Waals surface area (Å²) in [5.41, 5.74) is 5.30. The van der Waals surface area contributed by atoms with Gasteiger partial charge in [-0.3, -0.25) is 4.90 Å². The van der Waals surface area contributed by atoms with Crippen LogP contribution in [-0.4, -0.2) is 42.5 Å². The third-order valence-electron chi connectivity index (χ3n) is 3.88. The van der Waals surface area contributed by atoms with E-state index in [-0.39, 0.29) is 5.69 Å². The molecule has 1 aromatic carbocycles. The molecule has 2 rings (SSSR count). The number of benzene rings is 1. The molecule has 1 aliphatic rings. The summed E-state index contributed by atoms with van der Waals surface area (Å²) in [7, 11) is 2.03. The van der Waals surface area contributed by atoms with Crippen molar-refractivity contribution in [2.45, 2.75) is 25.7 Å². The quantitative estimate of drug-likeness (QED) is 0.848. The monoisotopic (exact) mass is 287 g/mol. The van der Waals surface area contributed by atoms with Crippen molar-refractivity contribution < 1.29 is 13.2 Å². The number of rotatable bonds is 2. The second-order valence-electron chi connectivity index (χ2n) is 5.48. The Morgan fingerprint density at radius 3 is 2.60 bits per heavy atom. The molecular formula is C14H20F3N3. The van der Waals surface area contributed by atoms with Crippen LogP contribution in [0.2, 0.25) is 0 Å². The zero-order chi connectivity index (χ0) is 14.9.